The number of hydrogen-bond acceptors (Lipinski definition) is 3. The number of amides is 1. The number of hydrogen-bond donors (Lipinski definition) is 3. The molecule has 0 radical (unpaired) electrons. The Hall–Kier alpha value is -2.29. The van der Waals surface area contributed by atoms with Crippen molar-refractivity contribution in [3.8, 4) is 5.75 Å². The predicted octanol–water partition coefficient (Wildman–Crippen LogP) is 3.88. The predicted molar refractivity (Wildman–Crippen MR) is 128 cm³/mol. The quantitative estimate of drug-likeness (QED) is 0.302. The highest BCUT2D eigenvalue weighted by Gasteiger charge is 2.24. The Balaban J connectivity index is 0.00000300. The van der Waals surface area contributed by atoms with Crippen LogP contribution in [-0.4, -0.2) is 32.1 Å². The molecule has 3 N–H and O–H groups in total. The first-order valence-corrected chi connectivity index (χ1v) is 9.74. The molecule has 1 aliphatic rings. The molecule has 0 bridgehead atoms. The zero-order chi connectivity index (χ0) is 19.8. The van der Waals surface area contributed by atoms with Crippen LogP contribution in [0.3, 0.4) is 0 Å². The molecular formula is C22H29IN4O2. The number of rotatable bonds is 7. The second-order valence-corrected chi connectivity index (χ2v) is 6.84. The SMILES string of the molecule is CCCOc1cccc(CNC(=NC)NCC2CC(=O)Nc3ccccc32)c1.I. The number of carbonyl (C=O) groups excluding carboxylic acids is 1. The third-order valence-corrected chi connectivity index (χ3v) is 4.68. The smallest absolute Gasteiger partial charge is 0.225 e. The number of guanidine groups is 1. The van der Waals surface area contributed by atoms with E-state index >= 15 is 0 Å². The molecule has 0 fully saturated rings. The van der Waals surface area contributed by atoms with E-state index in [1.165, 1.54) is 0 Å². The number of ether oxygens (including phenoxy) is 1. The lowest BCUT2D eigenvalue weighted by Crippen LogP contribution is -2.40. The normalized spacial score (nSPS) is 15.6. The topological polar surface area (TPSA) is 74.8 Å². The number of halogens is 1. The lowest BCUT2D eigenvalue weighted by atomic mass is 9.90. The van der Waals surface area contributed by atoms with Crippen molar-refractivity contribution in [3.63, 3.8) is 0 Å². The number of aliphatic imine (C=N–C) groups is 1. The maximum absolute atomic E-state index is 12.0. The maximum atomic E-state index is 12.0. The van der Waals surface area contributed by atoms with Crippen molar-refractivity contribution in [2.75, 3.05) is 25.5 Å². The van der Waals surface area contributed by atoms with Crippen LogP contribution >= 0.6 is 24.0 Å². The Labute approximate surface area is 189 Å². The maximum Gasteiger partial charge on any atom is 0.225 e. The molecule has 1 atom stereocenters. The highest BCUT2D eigenvalue weighted by Crippen LogP contribution is 2.31. The van der Waals surface area contributed by atoms with Gasteiger partial charge in [0.1, 0.15) is 5.75 Å². The number of nitrogens with zero attached hydrogens (tertiary/aromatic N) is 1. The first-order valence-electron chi connectivity index (χ1n) is 9.74. The van der Waals surface area contributed by atoms with Crippen LogP contribution < -0.4 is 20.7 Å². The number of para-hydroxylation sites is 1. The van der Waals surface area contributed by atoms with Gasteiger partial charge in [-0.25, -0.2) is 0 Å². The molecule has 1 amide bonds. The second kappa shape index (κ2) is 11.6. The molecule has 3 rings (SSSR count). The molecule has 1 aliphatic heterocycles. The molecule has 0 saturated heterocycles. The lowest BCUT2D eigenvalue weighted by molar-refractivity contribution is -0.116. The molecule has 0 aromatic heterocycles. The highest BCUT2D eigenvalue weighted by molar-refractivity contribution is 14.0. The molecule has 0 aliphatic carbocycles. The van der Waals surface area contributed by atoms with Gasteiger partial charge in [0.25, 0.3) is 0 Å². The van der Waals surface area contributed by atoms with Gasteiger partial charge in [-0.1, -0.05) is 37.3 Å². The third kappa shape index (κ3) is 6.62. The molecular weight excluding hydrogens is 479 g/mol. The van der Waals surface area contributed by atoms with Gasteiger partial charge in [0.2, 0.25) is 5.91 Å². The molecule has 156 valence electrons. The average Bonchev–Trinajstić information content (AvgIpc) is 2.72. The summed E-state index contributed by atoms with van der Waals surface area (Å²) in [5, 5.41) is 9.61. The van der Waals surface area contributed by atoms with Gasteiger partial charge in [0.05, 0.1) is 6.61 Å². The molecule has 0 saturated carbocycles. The van der Waals surface area contributed by atoms with Crippen molar-refractivity contribution in [2.24, 2.45) is 4.99 Å². The van der Waals surface area contributed by atoms with Gasteiger partial charge in [0, 0.05) is 38.2 Å². The fraction of sp³-hybridized carbons (Fsp3) is 0.364. The van der Waals surface area contributed by atoms with Crippen LogP contribution in [0.25, 0.3) is 0 Å². The fourth-order valence-corrected chi connectivity index (χ4v) is 3.28. The number of anilines is 1. The minimum absolute atomic E-state index is 0. The summed E-state index contributed by atoms with van der Waals surface area (Å²) < 4.78 is 5.69. The first kappa shape index (κ1) is 23.0. The largest absolute Gasteiger partial charge is 0.494 e. The van der Waals surface area contributed by atoms with Crippen LogP contribution in [0.1, 0.15) is 36.8 Å². The lowest BCUT2D eigenvalue weighted by Gasteiger charge is -2.26. The van der Waals surface area contributed by atoms with Gasteiger partial charge in [-0.15, -0.1) is 24.0 Å². The second-order valence-electron chi connectivity index (χ2n) is 6.84. The van der Waals surface area contributed by atoms with Gasteiger partial charge in [0.15, 0.2) is 5.96 Å². The van der Waals surface area contributed by atoms with E-state index in [1.807, 2.05) is 36.4 Å². The van der Waals surface area contributed by atoms with Gasteiger partial charge in [-0.05, 0) is 35.7 Å². The first-order chi connectivity index (χ1) is 13.7. The summed E-state index contributed by atoms with van der Waals surface area (Å²) in [6.07, 6.45) is 1.46. The monoisotopic (exact) mass is 508 g/mol. The summed E-state index contributed by atoms with van der Waals surface area (Å²) in [4.78, 5) is 16.3. The summed E-state index contributed by atoms with van der Waals surface area (Å²) in [5.41, 5.74) is 3.18. The van der Waals surface area contributed by atoms with Crippen LogP contribution in [0, 0.1) is 0 Å². The zero-order valence-corrected chi connectivity index (χ0v) is 19.2. The van der Waals surface area contributed by atoms with Crippen molar-refractivity contribution in [2.45, 2.75) is 32.2 Å². The highest BCUT2D eigenvalue weighted by atomic mass is 127. The van der Waals surface area contributed by atoms with E-state index in [9.17, 15) is 4.79 Å². The van der Waals surface area contributed by atoms with Crippen LogP contribution in [0.4, 0.5) is 5.69 Å². The molecule has 2 aromatic rings. The summed E-state index contributed by atoms with van der Waals surface area (Å²) in [5.74, 6) is 1.77. The van der Waals surface area contributed by atoms with Crippen LogP contribution in [0.15, 0.2) is 53.5 Å². The average molecular weight is 508 g/mol. The van der Waals surface area contributed by atoms with Crippen molar-refractivity contribution in [1.82, 2.24) is 10.6 Å². The Morgan fingerprint density at radius 2 is 2.03 bits per heavy atom. The van der Waals surface area contributed by atoms with E-state index in [2.05, 4.69) is 40.0 Å². The Morgan fingerprint density at radius 3 is 2.83 bits per heavy atom. The number of fused-ring (bicyclic) bond motifs is 1. The minimum atomic E-state index is 0. The van der Waals surface area contributed by atoms with Crippen LogP contribution in [-0.2, 0) is 11.3 Å². The summed E-state index contributed by atoms with van der Waals surface area (Å²) in [7, 11) is 1.75. The van der Waals surface area contributed by atoms with E-state index in [1.54, 1.807) is 7.05 Å². The van der Waals surface area contributed by atoms with Crippen molar-refractivity contribution in [3.05, 3.63) is 59.7 Å². The van der Waals surface area contributed by atoms with Gasteiger partial charge in [-0.2, -0.15) is 0 Å². The fourth-order valence-electron chi connectivity index (χ4n) is 3.28. The summed E-state index contributed by atoms with van der Waals surface area (Å²) >= 11 is 0. The molecule has 1 heterocycles. The van der Waals surface area contributed by atoms with E-state index in [-0.39, 0.29) is 35.8 Å². The summed E-state index contributed by atoms with van der Waals surface area (Å²) in [6.45, 7) is 4.10. The Kier molecular flexibility index (Phi) is 9.24. The molecule has 1 unspecified atom stereocenters. The Morgan fingerprint density at radius 1 is 1.21 bits per heavy atom. The molecule has 6 nitrogen and oxygen atoms in total. The van der Waals surface area contributed by atoms with Gasteiger partial charge in [-0.3, -0.25) is 9.79 Å². The molecule has 7 heteroatoms. The molecule has 2 aromatic carbocycles. The molecule has 29 heavy (non-hydrogen) atoms. The number of benzene rings is 2. The zero-order valence-electron chi connectivity index (χ0n) is 16.9. The standard InChI is InChI=1S/C22H28N4O2.HI/c1-3-11-28-18-8-6-7-16(12-18)14-24-22(23-2)25-15-17-13-21(27)26-20-10-5-4-9-19(17)20;/h4-10,12,17H,3,11,13-15H2,1-2H3,(H,26,27)(H2,23,24,25);1H. The minimum Gasteiger partial charge on any atom is -0.494 e. The van der Waals surface area contributed by atoms with E-state index in [4.69, 9.17) is 4.74 Å². The van der Waals surface area contributed by atoms with Crippen molar-refractivity contribution >= 4 is 41.5 Å². The number of carbonyl (C=O) groups is 1. The van der Waals surface area contributed by atoms with E-state index in [0.717, 1.165) is 35.6 Å². The van der Waals surface area contributed by atoms with Crippen LogP contribution in [0.2, 0.25) is 0 Å². The van der Waals surface area contributed by atoms with Crippen molar-refractivity contribution < 1.29 is 9.53 Å². The van der Waals surface area contributed by atoms with E-state index < -0.39 is 0 Å². The van der Waals surface area contributed by atoms with E-state index in [0.29, 0.717) is 25.5 Å². The summed E-state index contributed by atoms with van der Waals surface area (Å²) in [6, 6.07) is 16.0. The molecule has 0 spiro atoms. The number of nitrogens with one attached hydrogen (secondary N) is 3. The third-order valence-electron chi connectivity index (χ3n) is 4.68. The van der Waals surface area contributed by atoms with Gasteiger partial charge >= 0.3 is 0 Å². The van der Waals surface area contributed by atoms with Crippen molar-refractivity contribution in [1.29, 1.82) is 0 Å². The van der Waals surface area contributed by atoms with Crippen LogP contribution in [0.5, 0.6) is 5.75 Å². The van der Waals surface area contributed by atoms with Gasteiger partial charge < -0.3 is 20.7 Å². The Bertz CT molecular complexity index is 841.